The first-order chi connectivity index (χ1) is 7.78. The smallest absolute Gasteiger partial charge is 0.219 e. The number of aromatic nitrogens is 1. The van der Waals surface area contributed by atoms with Gasteiger partial charge in [-0.1, -0.05) is 17.7 Å². The highest BCUT2D eigenvalue weighted by Gasteiger charge is 1.99. The van der Waals surface area contributed by atoms with Crippen molar-refractivity contribution < 1.29 is 9.53 Å². The fraction of sp³-hybridized carbons (Fsp3) is 0. The van der Waals surface area contributed by atoms with Crippen LogP contribution < -0.4 is 4.74 Å². The van der Waals surface area contributed by atoms with E-state index in [0.717, 1.165) is 6.29 Å². The molecule has 16 heavy (non-hydrogen) atoms. The van der Waals surface area contributed by atoms with Gasteiger partial charge in [-0.05, 0) is 24.3 Å². The number of hydrogen-bond donors (Lipinski definition) is 0. The first kappa shape index (κ1) is 10.6. The minimum Gasteiger partial charge on any atom is -0.439 e. The fourth-order valence-electron chi connectivity index (χ4n) is 1.17. The van der Waals surface area contributed by atoms with Gasteiger partial charge < -0.3 is 4.74 Å². The lowest BCUT2D eigenvalue weighted by Gasteiger charge is -2.04. The Morgan fingerprint density at radius 3 is 2.75 bits per heavy atom. The summed E-state index contributed by atoms with van der Waals surface area (Å²) >= 11 is 5.81. The Balaban J connectivity index is 2.17. The van der Waals surface area contributed by atoms with Crippen molar-refractivity contribution in [2.24, 2.45) is 0 Å². The average Bonchev–Trinajstić information content (AvgIpc) is 2.30. The molecule has 0 aliphatic heterocycles. The van der Waals surface area contributed by atoms with Crippen molar-refractivity contribution in [1.82, 2.24) is 4.98 Å². The summed E-state index contributed by atoms with van der Waals surface area (Å²) in [4.78, 5) is 14.4. The largest absolute Gasteiger partial charge is 0.439 e. The van der Waals surface area contributed by atoms with Gasteiger partial charge in [-0.2, -0.15) is 0 Å². The van der Waals surface area contributed by atoms with Crippen molar-refractivity contribution in [2.75, 3.05) is 0 Å². The first-order valence-electron chi connectivity index (χ1n) is 4.62. The van der Waals surface area contributed by atoms with Crippen LogP contribution in [-0.4, -0.2) is 11.3 Å². The summed E-state index contributed by atoms with van der Waals surface area (Å²) in [7, 11) is 0. The minimum atomic E-state index is 0.424. The number of carbonyl (C=O) groups is 1. The predicted molar refractivity (Wildman–Crippen MR) is 61.2 cm³/mol. The van der Waals surface area contributed by atoms with Crippen molar-refractivity contribution in [3.63, 3.8) is 0 Å². The predicted octanol–water partition coefficient (Wildman–Crippen LogP) is 3.34. The standard InChI is InChI=1S/C12H8ClNO2/c13-10-2-1-3-11(6-10)16-12-5-4-9(8-15)7-14-12/h1-8H. The highest BCUT2D eigenvalue weighted by Crippen LogP contribution is 2.22. The molecule has 0 N–H and O–H groups in total. The number of aldehydes is 1. The van der Waals surface area contributed by atoms with Crippen molar-refractivity contribution in [2.45, 2.75) is 0 Å². The fourth-order valence-corrected chi connectivity index (χ4v) is 1.35. The van der Waals surface area contributed by atoms with Gasteiger partial charge in [0.2, 0.25) is 5.88 Å². The maximum absolute atomic E-state index is 10.4. The summed E-state index contributed by atoms with van der Waals surface area (Å²) in [6.45, 7) is 0. The van der Waals surface area contributed by atoms with E-state index in [1.165, 1.54) is 6.20 Å². The third kappa shape index (κ3) is 2.58. The van der Waals surface area contributed by atoms with Crippen molar-refractivity contribution >= 4 is 17.9 Å². The van der Waals surface area contributed by atoms with Crippen LogP contribution in [0.25, 0.3) is 0 Å². The molecule has 0 unspecified atom stereocenters. The second-order valence-electron chi connectivity index (χ2n) is 3.11. The average molecular weight is 234 g/mol. The van der Waals surface area contributed by atoms with Gasteiger partial charge in [-0.25, -0.2) is 4.98 Å². The Morgan fingerprint density at radius 1 is 1.25 bits per heavy atom. The van der Waals surface area contributed by atoms with Crippen LogP contribution in [-0.2, 0) is 0 Å². The number of carbonyl (C=O) groups excluding carboxylic acids is 1. The highest BCUT2D eigenvalue weighted by atomic mass is 35.5. The summed E-state index contributed by atoms with van der Waals surface area (Å²) in [5.41, 5.74) is 0.512. The normalized spacial score (nSPS) is 9.81. The van der Waals surface area contributed by atoms with E-state index in [0.29, 0.717) is 22.2 Å². The van der Waals surface area contributed by atoms with E-state index < -0.39 is 0 Å². The lowest BCUT2D eigenvalue weighted by Crippen LogP contribution is -1.89. The zero-order chi connectivity index (χ0) is 11.4. The first-order valence-corrected chi connectivity index (χ1v) is 5.00. The quantitative estimate of drug-likeness (QED) is 0.764. The van der Waals surface area contributed by atoms with Crippen molar-refractivity contribution in [1.29, 1.82) is 0 Å². The summed E-state index contributed by atoms with van der Waals surface area (Å²) in [6.07, 6.45) is 2.18. The number of halogens is 1. The van der Waals surface area contributed by atoms with Crippen LogP contribution in [0.15, 0.2) is 42.6 Å². The summed E-state index contributed by atoms with van der Waals surface area (Å²) in [5.74, 6) is 1.03. The molecular weight excluding hydrogens is 226 g/mol. The van der Waals surface area contributed by atoms with Gasteiger partial charge in [0.1, 0.15) is 5.75 Å². The zero-order valence-corrected chi connectivity index (χ0v) is 9.02. The van der Waals surface area contributed by atoms with E-state index in [-0.39, 0.29) is 0 Å². The monoisotopic (exact) mass is 233 g/mol. The van der Waals surface area contributed by atoms with Gasteiger partial charge in [-0.15, -0.1) is 0 Å². The third-order valence-electron chi connectivity index (χ3n) is 1.91. The molecule has 1 aromatic carbocycles. The number of benzene rings is 1. The molecule has 0 fully saturated rings. The second-order valence-corrected chi connectivity index (χ2v) is 3.54. The van der Waals surface area contributed by atoms with Crippen LogP contribution in [0.5, 0.6) is 11.6 Å². The van der Waals surface area contributed by atoms with Crippen LogP contribution in [0, 0.1) is 0 Å². The van der Waals surface area contributed by atoms with Crippen LogP contribution in [0.3, 0.4) is 0 Å². The molecule has 80 valence electrons. The molecule has 0 radical (unpaired) electrons. The Bertz CT molecular complexity index is 497. The minimum absolute atomic E-state index is 0.424. The van der Waals surface area contributed by atoms with E-state index in [4.69, 9.17) is 16.3 Å². The molecule has 0 atom stereocenters. The molecule has 0 aliphatic rings. The van der Waals surface area contributed by atoms with E-state index in [9.17, 15) is 4.79 Å². The van der Waals surface area contributed by atoms with E-state index in [1.54, 1.807) is 36.4 Å². The van der Waals surface area contributed by atoms with E-state index in [1.807, 2.05) is 0 Å². The van der Waals surface area contributed by atoms with Gasteiger partial charge in [0, 0.05) is 22.8 Å². The number of ether oxygens (including phenoxy) is 1. The van der Waals surface area contributed by atoms with Crippen molar-refractivity contribution in [3.8, 4) is 11.6 Å². The topological polar surface area (TPSA) is 39.2 Å². The van der Waals surface area contributed by atoms with Crippen LogP contribution >= 0.6 is 11.6 Å². The van der Waals surface area contributed by atoms with E-state index in [2.05, 4.69) is 4.98 Å². The molecule has 0 spiro atoms. The summed E-state index contributed by atoms with van der Waals surface area (Å²) < 4.78 is 5.45. The van der Waals surface area contributed by atoms with Crippen molar-refractivity contribution in [3.05, 3.63) is 53.2 Å². The maximum atomic E-state index is 10.4. The van der Waals surface area contributed by atoms with Gasteiger partial charge >= 0.3 is 0 Å². The molecule has 1 aromatic heterocycles. The van der Waals surface area contributed by atoms with Crippen LogP contribution in [0.4, 0.5) is 0 Å². The van der Waals surface area contributed by atoms with Crippen LogP contribution in [0.2, 0.25) is 5.02 Å². The SMILES string of the molecule is O=Cc1ccc(Oc2cccc(Cl)c2)nc1. The maximum Gasteiger partial charge on any atom is 0.219 e. The Morgan fingerprint density at radius 2 is 2.12 bits per heavy atom. The molecule has 0 amide bonds. The molecule has 3 nitrogen and oxygen atoms in total. The molecule has 0 saturated carbocycles. The zero-order valence-electron chi connectivity index (χ0n) is 8.26. The lowest BCUT2D eigenvalue weighted by atomic mass is 10.3. The summed E-state index contributed by atoms with van der Waals surface area (Å²) in [6, 6.07) is 10.3. The Labute approximate surface area is 97.7 Å². The van der Waals surface area contributed by atoms with Crippen LogP contribution in [0.1, 0.15) is 10.4 Å². The number of pyridine rings is 1. The number of hydrogen-bond acceptors (Lipinski definition) is 3. The molecule has 2 aromatic rings. The molecule has 1 heterocycles. The summed E-state index contributed by atoms with van der Waals surface area (Å²) in [5, 5.41) is 0.599. The third-order valence-corrected chi connectivity index (χ3v) is 2.15. The molecule has 4 heteroatoms. The molecular formula is C12H8ClNO2. The van der Waals surface area contributed by atoms with Gasteiger partial charge in [0.05, 0.1) is 0 Å². The van der Waals surface area contributed by atoms with Gasteiger partial charge in [0.15, 0.2) is 6.29 Å². The molecule has 2 rings (SSSR count). The number of rotatable bonds is 3. The number of nitrogens with zero attached hydrogens (tertiary/aromatic N) is 1. The second kappa shape index (κ2) is 4.77. The van der Waals surface area contributed by atoms with E-state index >= 15 is 0 Å². The van der Waals surface area contributed by atoms with Gasteiger partial charge in [0.25, 0.3) is 0 Å². The Hall–Kier alpha value is -1.87. The molecule has 0 aliphatic carbocycles. The highest BCUT2D eigenvalue weighted by molar-refractivity contribution is 6.30. The molecule has 0 bridgehead atoms. The Kier molecular flexibility index (Phi) is 3.17. The lowest BCUT2D eigenvalue weighted by molar-refractivity contribution is 0.112. The van der Waals surface area contributed by atoms with Gasteiger partial charge in [-0.3, -0.25) is 4.79 Å². The molecule has 0 saturated heterocycles.